The molecule has 0 saturated heterocycles. The van der Waals surface area contributed by atoms with Gasteiger partial charge >= 0.3 is 8.80 Å². The van der Waals surface area contributed by atoms with Crippen LogP contribution in [0.25, 0.3) is 0 Å². The Labute approximate surface area is 111 Å². The van der Waals surface area contributed by atoms with Crippen molar-refractivity contribution in [3.05, 3.63) is 0 Å². The summed E-state index contributed by atoms with van der Waals surface area (Å²) in [5, 5.41) is 3.01. The van der Waals surface area contributed by atoms with Crippen LogP contribution in [0.5, 0.6) is 0 Å². The molecule has 8 heteroatoms. The lowest BCUT2D eigenvalue weighted by Gasteiger charge is -2.32. The normalized spacial score (nSPS) is 17.5. The van der Waals surface area contributed by atoms with Gasteiger partial charge in [0, 0.05) is 21.3 Å². The molecule has 0 aliphatic carbocycles. The van der Waals surface area contributed by atoms with Gasteiger partial charge in [0.1, 0.15) is 11.9 Å². The molecule has 0 aromatic heterocycles. The second-order valence-electron chi connectivity index (χ2n) is 4.01. The first-order valence-corrected chi connectivity index (χ1v) is 7.84. The molecular formula is C10H27N3O4Si. The summed E-state index contributed by atoms with van der Waals surface area (Å²) < 4.78 is 16.2. The molecule has 4 N–H and O–H groups in total. The number of nitrogens with two attached hydrogens (primary N) is 1. The second kappa shape index (κ2) is 8.94. The van der Waals surface area contributed by atoms with Crippen molar-refractivity contribution >= 4 is 8.80 Å². The quantitative estimate of drug-likeness (QED) is 0.294. The lowest BCUT2D eigenvalue weighted by atomic mass is 10.5. The molecule has 18 heavy (non-hydrogen) atoms. The number of hydroxylamine groups is 1. The Morgan fingerprint density at radius 3 is 1.94 bits per heavy atom. The number of hydrogen-bond donors (Lipinski definition) is 3. The van der Waals surface area contributed by atoms with Crippen molar-refractivity contribution in [2.24, 2.45) is 5.73 Å². The summed E-state index contributed by atoms with van der Waals surface area (Å²) in [5.41, 5.74) is 8.41. The molecule has 0 fully saturated rings. The molecule has 0 radical (unpaired) electrons. The zero-order chi connectivity index (χ0) is 14.2. The SMILES string of the molecule is CCC(NOC(C)NC(C)N)[Si](OC)(OC)OC. The van der Waals surface area contributed by atoms with E-state index in [1.165, 1.54) is 0 Å². The molecule has 0 aliphatic rings. The van der Waals surface area contributed by atoms with Crippen LogP contribution in [-0.4, -0.2) is 48.2 Å². The van der Waals surface area contributed by atoms with E-state index < -0.39 is 8.80 Å². The number of hydrogen-bond acceptors (Lipinski definition) is 7. The highest BCUT2D eigenvalue weighted by Crippen LogP contribution is 2.14. The molecule has 3 unspecified atom stereocenters. The fourth-order valence-electron chi connectivity index (χ4n) is 1.67. The van der Waals surface area contributed by atoms with E-state index in [1.807, 2.05) is 20.8 Å². The first kappa shape index (κ1) is 17.9. The highest BCUT2D eigenvalue weighted by molar-refractivity contribution is 6.62. The van der Waals surface area contributed by atoms with E-state index in [9.17, 15) is 0 Å². The van der Waals surface area contributed by atoms with E-state index in [2.05, 4.69) is 10.8 Å². The third kappa shape index (κ3) is 5.29. The Morgan fingerprint density at radius 2 is 1.61 bits per heavy atom. The minimum Gasteiger partial charge on any atom is -0.376 e. The molecule has 3 atom stereocenters. The molecule has 7 nitrogen and oxygen atoms in total. The van der Waals surface area contributed by atoms with Crippen molar-refractivity contribution in [2.75, 3.05) is 21.3 Å². The molecule has 0 aromatic carbocycles. The van der Waals surface area contributed by atoms with Crippen LogP contribution < -0.4 is 16.5 Å². The Kier molecular flexibility index (Phi) is 8.91. The summed E-state index contributed by atoms with van der Waals surface area (Å²) in [5.74, 6) is 0. The Bertz CT molecular complexity index is 209. The van der Waals surface area contributed by atoms with E-state index in [0.29, 0.717) is 0 Å². The van der Waals surface area contributed by atoms with Crippen molar-refractivity contribution in [1.29, 1.82) is 0 Å². The van der Waals surface area contributed by atoms with Gasteiger partial charge in [0.2, 0.25) is 0 Å². The monoisotopic (exact) mass is 281 g/mol. The van der Waals surface area contributed by atoms with Crippen molar-refractivity contribution in [2.45, 2.75) is 45.3 Å². The highest BCUT2D eigenvalue weighted by atomic mass is 28.4. The van der Waals surface area contributed by atoms with Gasteiger partial charge in [-0.1, -0.05) is 6.92 Å². The standard InChI is InChI=1S/C10H27N3O4Si/c1-7-10(18(14-4,15-5)16-6)13-17-9(3)12-8(2)11/h8-10,12-13H,7,11H2,1-6H3. The predicted octanol–water partition coefficient (Wildman–Crippen LogP) is -0.0562. The Balaban J connectivity index is 4.41. The van der Waals surface area contributed by atoms with E-state index in [1.54, 1.807) is 21.3 Å². The minimum atomic E-state index is -2.75. The van der Waals surface area contributed by atoms with Gasteiger partial charge in [-0.2, -0.15) is 5.48 Å². The molecule has 110 valence electrons. The van der Waals surface area contributed by atoms with E-state index in [0.717, 1.165) is 6.42 Å². The van der Waals surface area contributed by atoms with Crippen LogP contribution in [-0.2, 0) is 18.1 Å². The summed E-state index contributed by atoms with van der Waals surface area (Å²) in [4.78, 5) is 5.47. The van der Waals surface area contributed by atoms with Gasteiger partial charge in [0.15, 0.2) is 0 Å². The first-order chi connectivity index (χ1) is 8.45. The third-order valence-corrected chi connectivity index (χ3v) is 5.66. The Morgan fingerprint density at radius 1 is 1.11 bits per heavy atom. The van der Waals surface area contributed by atoms with Gasteiger partial charge in [-0.15, -0.1) is 0 Å². The minimum absolute atomic E-state index is 0.142. The molecule has 0 saturated carbocycles. The molecule has 0 heterocycles. The molecule has 0 aromatic rings. The smallest absolute Gasteiger partial charge is 0.376 e. The van der Waals surface area contributed by atoms with Gasteiger partial charge in [0.05, 0.1) is 6.17 Å². The van der Waals surface area contributed by atoms with Gasteiger partial charge < -0.3 is 19.0 Å². The van der Waals surface area contributed by atoms with Crippen LogP contribution in [0, 0.1) is 0 Å². The van der Waals surface area contributed by atoms with Crippen LogP contribution in [0.3, 0.4) is 0 Å². The summed E-state index contributed by atoms with van der Waals surface area (Å²) in [6.07, 6.45) is 0.389. The highest BCUT2D eigenvalue weighted by Gasteiger charge is 2.47. The lowest BCUT2D eigenvalue weighted by molar-refractivity contribution is -0.0572. The molecule has 0 aliphatic heterocycles. The van der Waals surface area contributed by atoms with E-state index >= 15 is 0 Å². The average Bonchev–Trinajstić information content (AvgIpc) is 2.34. The maximum Gasteiger partial charge on any atom is 0.520 e. The van der Waals surface area contributed by atoms with Crippen LogP contribution in [0.4, 0.5) is 0 Å². The zero-order valence-electron chi connectivity index (χ0n) is 12.1. The summed E-state index contributed by atoms with van der Waals surface area (Å²) in [7, 11) is 1.98. The van der Waals surface area contributed by atoms with Crippen molar-refractivity contribution < 1.29 is 18.1 Å². The van der Waals surface area contributed by atoms with Gasteiger partial charge in [-0.25, -0.2) is 0 Å². The fraction of sp³-hybridized carbons (Fsp3) is 1.00. The fourth-order valence-corrected chi connectivity index (χ4v) is 3.74. The van der Waals surface area contributed by atoms with Crippen LogP contribution in [0.15, 0.2) is 0 Å². The lowest BCUT2D eigenvalue weighted by Crippen LogP contribution is -2.61. The summed E-state index contributed by atoms with van der Waals surface area (Å²) >= 11 is 0. The van der Waals surface area contributed by atoms with Crippen molar-refractivity contribution in [1.82, 2.24) is 10.8 Å². The van der Waals surface area contributed by atoms with Gasteiger partial charge in [-0.3, -0.25) is 10.2 Å². The summed E-state index contributed by atoms with van der Waals surface area (Å²) in [6, 6.07) is 0. The van der Waals surface area contributed by atoms with Crippen molar-refractivity contribution in [3.63, 3.8) is 0 Å². The number of rotatable bonds is 10. The molecule has 0 spiro atoms. The zero-order valence-corrected chi connectivity index (χ0v) is 13.1. The summed E-state index contributed by atoms with van der Waals surface area (Å²) in [6.45, 7) is 5.71. The molecule has 0 bridgehead atoms. The number of nitrogens with one attached hydrogen (secondary N) is 2. The molecule has 0 amide bonds. The van der Waals surface area contributed by atoms with Crippen LogP contribution in [0.2, 0.25) is 0 Å². The Hall–Kier alpha value is -0.0631. The van der Waals surface area contributed by atoms with E-state index in [4.69, 9.17) is 23.8 Å². The second-order valence-corrected chi connectivity index (χ2v) is 7.14. The maximum absolute atomic E-state index is 5.61. The van der Waals surface area contributed by atoms with Crippen LogP contribution in [0.1, 0.15) is 27.2 Å². The molecule has 0 rings (SSSR count). The van der Waals surface area contributed by atoms with Crippen LogP contribution >= 0.6 is 0 Å². The van der Waals surface area contributed by atoms with Crippen molar-refractivity contribution in [3.8, 4) is 0 Å². The maximum atomic E-state index is 5.61. The van der Waals surface area contributed by atoms with Gasteiger partial charge in [0.25, 0.3) is 0 Å². The third-order valence-electron chi connectivity index (χ3n) is 2.57. The molecular weight excluding hydrogens is 254 g/mol. The largest absolute Gasteiger partial charge is 0.520 e. The van der Waals surface area contributed by atoms with E-state index in [-0.39, 0.29) is 18.1 Å². The topological polar surface area (TPSA) is 87.0 Å². The predicted molar refractivity (Wildman–Crippen MR) is 71.3 cm³/mol. The average molecular weight is 281 g/mol. The van der Waals surface area contributed by atoms with Gasteiger partial charge in [-0.05, 0) is 20.3 Å². The first-order valence-electron chi connectivity index (χ1n) is 6.04.